The highest BCUT2D eigenvalue weighted by Gasteiger charge is 2.38. The standard InChI is InChI=1S/C26H31FN4O3S.C2HF3O2/c1-2-35(33,34)31-9-7-16(8-10-31)23-15-30-25-21(23)12-18(13-22(25)26(28)32)17-3-6-24(27)19(11-17)14-29-20-4-5-20;3-2(4,5)1(6)7/h3,6,11-13,15-16,20,29-30H,2,4-5,7-10,14H2,1H3,(H2,28,32);(H,6,7). The van der Waals surface area contributed by atoms with Gasteiger partial charge in [-0.2, -0.15) is 13.2 Å². The Morgan fingerprint density at radius 3 is 2.29 bits per heavy atom. The molecular formula is C28H32F4N4O5S. The lowest BCUT2D eigenvalue weighted by Crippen LogP contribution is -2.38. The summed E-state index contributed by atoms with van der Waals surface area (Å²) < 4.78 is 72.3. The summed E-state index contributed by atoms with van der Waals surface area (Å²) in [5.74, 6) is -3.28. The number of halogens is 4. The lowest BCUT2D eigenvalue weighted by atomic mass is 9.88. The van der Waals surface area contributed by atoms with Gasteiger partial charge in [0, 0.05) is 42.8 Å². The number of carbonyl (C=O) groups is 2. The van der Waals surface area contributed by atoms with E-state index in [-0.39, 0.29) is 17.5 Å². The number of carboxylic acid groups (broad SMARTS) is 1. The van der Waals surface area contributed by atoms with Crippen LogP contribution in [0, 0.1) is 5.82 Å². The third kappa shape index (κ3) is 7.28. The molecule has 5 N–H and O–H groups in total. The third-order valence-electron chi connectivity index (χ3n) is 7.52. The van der Waals surface area contributed by atoms with Crippen LogP contribution in [-0.4, -0.2) is 65.8 Å². The number of rotatable bonds is 8. The van der Waals surface area contributed by atoms with Crippen molar-refractivity contribution in [1.29, 1.82) is 0 Å². The van der Waals surface area contributed by atoms with Crippen molar-refractivity contribution in [2.45, 2.75) is 57.3 Å². The number of sulfonamides is 1. The third-order valence-corrected chi connectivity index (χ3v) is 9.40. The van der Waals surface area contributed by atoms with Gasteiger partial charge in [0.1, 0.15) is 5.82 Å². The molecule has 0 spiro atoms. The molecule has 9 nitrogen and oxygen atoms in total. The Bertz CT molecular complexity index is 1580. The van der Waals surface area contributed by atoms with E-state index in [2.05, 4.69) is 10.3 Å². The number of amides is 1. The molecule has 1 aliphatic heterocycles. The molecule has 2 aromatic carbocycles. The van der Waals surface area contributed by atoms with E-state index in [1.165, 1.54) is 6.07 Å². The number of aliphatic carboxylic acids is 1. The molecule has 5 rings (SSSR count). The van der Waals surface area contributed by atoms with Crippen molar-refractivity contribution in [2.24, 2.45) is 5.73 Å². The fraction of sp³-hybridized carbons (Fsp3) is 0.429. The maximum absolute atomic E-state index is 14.4. The first-order chi connectivity index (χ1) is 19.7. The molecule has 1 saturated carbocycles. The summed E-state index contributed by atoms with van der Waals surface area (Å²) in [4.78, 5) is 24.5. The average Bonchev–Trinajstić information content (AvgIpc) is 3.68. The predicted molar refractivity (Wildman–Crippen MR) is 149 cm³/mol. The molecule has 1 saturated heterocycles. The zero-order valence-corrected chi connectivity index (χ0v) is 23.6. The van der Waals surface area contributed by atoms with E-state index >= 15 is 0 Å². The van der Waals surface area contributed by atoms with Crippen LogP contribution in [0.1, 0.15) is 60.0 Å². The summed E-state index contributed by atoms with van der Waals surface area (Å²) >= 11 is 0. The molecule has 1 aromatic heterocycles. The van der Waals surface area contributed by atoms with Gasteiger partial charge >= 0.3 is 12.1 Å². The quantitative estimate of drug-likeness (QED) is 0.276. The van der Waals surface area contributed by atoms with E-state index in [0.29, 0.717) is 55.2 Å². The highest BCUT2D eigenvalue weighted by atomic mass is 32.2. The summed E-state index contributed by atoms with van der Waals surface area (Å²) in [6, 6.07) is 9.27. The Kier molecular flexibility index (Phi) is 9.28. The molecule has 3 aromatic rings. The number of nitrogens with two attached hydrogens (primary N) is 1. The molecule has 2 heterocycles. The van der Waals surface area contributed by atoms with Crippen LogP contribution < -0.4 is 11.1 Å². The molecule has 0 unspecified atom stereocenters. The number of fused-ring (bicyclic) bond motifs is 1. The van der Waals surface area contributed by atoms with Gasteiger partial charge in [-0.05, 0) is 79.5 Å². The van der Waals surface area contributed by atoms with Crippen molar-refractivity contribution >= 4 is 32.8 Å². The van der Waals surface area contributed by atoms with E-state index in [1.807, 2.05) is 18.3 Å². The fourth-order valence-electron chi connectivity index (χ4n) is 5.01. The van der Waals surface area contributed by atoms with Crippen LogP contribution in [0.4, 0.5) is 17.6 Å². The number of benzene rings is 2. The van der Waals surface area contributed by atoms with Gasteiger partial charge in [0.25, 0.3) is 5.91 Å². The minimum absolute atomic E-state index is 0.103. The predicted octanol–water partition coefficient (Wildman–Crippen LogP) is 4.49. The van der Waals surface area contributed by atoms with E-state index in [4.69, 9.17) is 15.6 Å². The number of piperidine rings is 1. The Labute approximate surface area is 240 Å². The number of carboxylic acids is 1. The molecule has 2 fully saturated rings. The molecule has 14 heteroatoms. The minimum atomic E-state index is -5.08. The van der Waals surface area contributed by atoms with Crippen LogP contribution >= 0.6 is 0 Å². The van der Waals surface area contributed by atoms with Crippen LogP contribution in [0.25, 0.3) is 22.0 Å². The Balaban J connectivity index is 0.000000517. The largest absolute Gasteiger partial charge is 0.490 e. The summed E-state index contributed by atoms with van der Waals surface area (Å²) in [5.41, 5.74) is 10.1. The van der Waals surface area contributed by atoms with Gasteiger partial charge in [-0.1, -0.05) is 6.07 Å². The lowest BCUT2D eigenvalue weighted by molar-refractivity contribution is -0.192. The first-order valence-electron chi connectivity index (χ1n) is 13.5. The van der Waals surface area contributed by atoms with Crippen LogP contribution in [0.5, 0.6) is 0 Å². The molecule has 2 aliphatic rings. The summed E-state index contributed by atoms with van der Waals surface area (Å²) in [6.45, 7) is 3.08. The number of hydrogen-bond donors (Lipinski definition) is 4. The van der Waals surface area contributed by atoms with Crippen molar-refractivity contribution in [2.75, 3.05) is 18.8 Å². The van der Waals surface area contributed by atoms with Gasteiger partial charge < -0.3 is 21.1 Å². The number of primary amides is 1. The maximum atomic E-state index is 14.4. The van der Waals surface area contributed by atoms with Crippen LogP contribution in [0.15, 0.2) is 36.5 Å². The van der Waals surface area contributed by atoms with Gasteiger partial charge in [-0.25, -0.2) is 21.9 Å². The number of H-pyrrole nitrogens is 1. The Morgan fingerprint density at radius 2 is 1.74 bits per heavy atom. The van der Waals surface area contributed by atoms with Gasteiger partial charge in [-0.3, -0.25) is 4.79 Å². The second-order valence-corrected chi connectivity index (χ2v) is 12.7. The Morgan fingerprint density at radius 1 is 1.10 bits per heavy atom. The molecule has 0 radical (unpaired) electrons. The SMILES string of the molecule is CCS(=O)(=O)N1CCC(c2c[nH]c3c(C(N)=O)cc(-c4ccc(F)c(CNC5CC5)c4)cc23)CC1.O=C(O)C(F)(F)F. The second-order valence-electron chi connectivity index (χ2n) is 10.4. The number of hydrogen-bond acceptors (Lipinski definition) is 5. The highest BCUT2D eigenvalue weighted by molar-refractivity contribution is 7.89. The van der Waals surface area contributed by atoms with Crippen molar-refractivity contribution in [3.63, 3.8) is 0 Å². The maximum Gasteiger partial charge on any atom is 0.490 e. The molecule has 228 valence electrons. The van der Waals surface area contributed by atoms with E-state index in [9.17, 15) is 30.8 Å². The lowest BCUT2D eigenvalue weighted by Gasteiger charge is -2.31. The number of aromatic nitrogens is 1. The monoisotopic (exact) mass is 612 g/mol. The van der Waals surface area contributed by atoms with Crippen LogP contribution in [0.3, 0.4) is 0 Å². The summed E-state index contributed by atoms with van der Waals surface area (Å²) in [5, 5.41) is 11.4. The van der Waals surface area contributed by atoms with E-state index in [1.54, 1.807) is 23.4 Å². The normalized spacial score (nSPS) is 16.7. The summed E-state index contributed by atoms with van der Waals surface area (Å²) in [6.07, 6.45) is 0.482. The number of carbonyl (C=O) groups excluding carboxylic acids is 1. The second kappa shape index (κ2) is 12.4. The highest BCUT2D eigenvalue weighted by Crippen LogP contribution is 2.37. The molecule has 0 bridgehead atoms. The van der Waals surface area contributed by atoms with E-state index < -0.39 is 28.1 Å². The van der Waals surface area contributed by atoms with Gasteiger partial charge in [-0.15, -0.1) is 0 Å². The first kappa shape index (κ1) is 31.4. The van der Waals surface area contributed by atoms with Gasteiger partial charge in [0.15, 0.2) is 0 Å². The van der Waals surface area contributed by atoms with Crippen molar-refractivity contribution < 1.29 is 40.7 Å². The zero-order valence-electron chi connectivity index (χ0n) is 22.8. The molecule has 1 amide bonds. The van der Waals surface area contributed by atoms with Crippen LogP contribution in [0.2, 0.25) is 0 Å². The minimum Gasteiger partial charge on any atom is -0.475 e. The van der Waals surface area contributed by atoms with Crippen molar-refractivity contribution in [3.05, 3.63) is 59.0 Å². The average molecular weight is 613 g/mol. The van der Waals surface area contributed by atoms with E-state index in [0.717, 1.165) is 34.9 Å². The number of aromatic amines is 1. The van der Waals surface area contributed by atoms with Gasteiger partial charge in [0.05, 0.1) is 16.8 Å². The van der Waals surface area contributed by atoms with Crippen molar-refractivity contribution in [3.8, 4) is 11.1 Å². The fourth-order valence-corrected chi connectivity index (χ4v) is 6.14. The molecule has 0 atom stereocenters. The number of nitrogens with zero attached hydrogens (tertiary/aromatic N) is 1. The topological polar surface area (TPSA) is 146 Å². The smallest absolute Gasteiger partial charge is 0.475 e. The number of nitrogens with one attached hydrogen (secondary N) is 2. The van der Waals surface area contributed by atoms with Crippen molar-refractivity contribution in [1.82, 2.24) is 14.6 Å². The zero-order chi connectivity index (χ0) is 30.8. The summed E-state index contributed by atoms with van der Waals surface area (Å²) in [7, 11) is -3.20. The Hall–Kier alpha value is -3.49. The molecule has 42 heavy (non-hydrogen) atoms. The first-order valence-corrected chi connectivity index (χ1v) is 15.1. The van der Waals surface area contributed by atoms with Crippen LogP contribution in [-0.2, 0) is 21.4 Å². The molecular weight excluding hydrogens is 580 g/mol. The molecule has 1 aliphatic carbocycles. The number of alkyl halides is 3. The van der Waals surface area contributed by atoms with Gasteiger partial charge in [0.2, 0.25) is 10.0 Å².